The van der Waals surface area contributed by atoms with Gasteiger partial charge < -0.3 is 10.1 Å². The molecule has 0 heterocycles. The number of ether oxygens (including phenoxy) is 1. The zero-order valence-corrected chi connectivity index (χ0v) is 12.3. The van der Waals surface area contributed by atoms with Gasteiger partial charge in [-0.25, -0.2) is 0 Å². The lowest BCUT2D eigenvalue weighted by atomic mass is 10.1. The van der Waals surface area contributed by atoms with E-state index in [9.17, 15) is 10.1 Å². The number of methoxy groups -OCH3 is 1. The van der Waals surface area contributed by atoms with Crippen molar-refractivity contribution in [1.82, 2.24) is 0 Å². The second-order valence-electron chi connectivity index (χ2n) is 4.41. The van der Waals surface area contributed by atoms with Crippen molar-refractivity contribution < 1.29 is 9.66 Å². The van der Waals surface area contributed by atoms with E-state index in [2.05, 4.69) is 5.32 Å². The lowest BCUT2D eigenvalue weighted by molar-refractivity contribution is -0.384. The number of halogens is 1. The molecule has 0 aromatic heterocycles. The van der Waals surface area contributed by atoms with E-state index in [0.29, 0.717) is 23.7 Å². The van der Waals surface area contributed by atoms with Gasteiger partial charge in [-0.1, -0.05) is 29.8 Å². The summed E-state index contributed by atoms with van der Waals surface area (Å²) in [5.74, 6) is 0.805. The van der Waals surface area contributed by atoms with Crippen LogP contribution in [0.25, 0.3) is 0 Å². The molecule has 0 fully saturated rings. The molecule has 0 radical (unpaired) electrons. The standard InChI is InChI=1S/C15H15ClN2O3/c1-21-15-5-3-2-4-11(15)8-9-17-13-10-12(16)6-7-14(13)18(19)20/h2-7,10,17H,8-9H2,1H3. The summed E-state index contributed by atoms with van der Waals surface area (Å²) in [6.07, 6.45) is 0.688. The smallest absolute Gasteiger partial charge is 0.292 e. The number of nitrogens with zero attached hydrogens (tertiary/aromatic N) is 1. The van der Waals surface area contributed by atoms with E-state index in [0.717, 1.165) is 11.3 Å². The average molecular weight is 307 g/mol. The van der Waals surface area contributed by atoms with Crippen molar-refractivity contribution in [3.05, 3.63) is 63.2 Å². The van der Waals surface area contributed by atoms with Crippen LogP contribution in [0.1, 0.15) is 5.56 Å². The van der Waals surface area contributed by atoms with E-state index in [1.54, 1.807) is 13.2 Å². The van der Waals surface area contributed by atoms with Crippen molar-refractivity contribution in [1.29, 1.82) is 0 Å². The van der Waals surface area contributed by atoms with Crippen LogP contribution >= 0.6 is 11.6 Å². The van der Waals surface area contributed by atoms with Crippen molar-refractivity contribution >= 4 is 23.0 Å². The number of hydrogen-bond acceptors (Lipinski definition) is 4. The average Bonchev–Trinajstić information content (AvgIpc) is 2.47. The fourth-order valence-corrected chi connectivity index (χ4v) is 2.22. The van der Waals surface area contributed by atoms with Crippen molar-refractivity contribution in [2.45, 2.75) is 6.42 Å². The molecule has 0 aliphatic heterocycles. The highest BCUT2D eigenvalue weighted by Gasteiger charge is 2.13. The van der Waals surface area contributed by atoms with E-state index in [-0.39, 0.29) is 5.69 Å². The molecule has 21 heavy (non-hydrogen) atoms. The van der Waals surface area contributed by atoms with Gasteiger partial charge in [-0.15, -0.1) is 0 Å². The highest BCUT2D eigenvalue weighted by atomic mass is 35.5. The number of rotatable bonds is 6. The molecule has 0 spiro atoms. The first-order chi connectivity index (χ1) is 10.1. The van der Waals surface area contributed by atoms with E-state index in [1.807, 2.05) is 24.3 Å². The zero-order valence-electron chi connectivity index (χ0n) is 11.5. The molecular weight excluding hydrogens is 292 g/mol. The minimum atomic E-state index is -0.429. The van der Waals surface area contributed by atoms with Crippen LogP contribution in [-0.4, -0.2) is 18.6 Å². The maximum absolute atomic E-state index is 11.0. The predicted octanol–water partition coefficient (Wildman–Crippen LogP) is 3.91. The maximum Gasteiger partial charge on any atom is 0.292 e. The number of para-hydroxylation sites is 1. The van der Waals surface area contributed by atoms with Crippen molar-refractivity contribution in [2.75, 3.05) is 19.0 Å². The molecule has 0 amide bonds. The van der Waals surface area contributed by atoms with Crippen LogP contribution in [0.3, 0.4) is 0 Å². The Bertz CT molecular complexity index is 647. The van der Waals surface area contributed by atoms with Gasteiger partial charge in [0.1, 0.15) is 11.4 Å². The van der Waals surface area contributed by atoms with Gasteiger partial charge in [-0.2, -0.15) is 0 Å². The molecule has 110 valence electrons. The molecule has 0 saturated heterocycles. The minimum absolute atomic E-state index is 0.0134. The normalized spacial score (nSPS) is 10.2. The molecule has 0 saturated carbocycles. The first kappa shape index (κ1) is 15.1. The third-order valence-corrected chi connectivity index (χ3v) is 3.29. The molecule has 5 nitrogen and oxygen atoms in total. The topological polar surface area (TPSA) is 64.4 Å². The van der Waals surface area contributed by atoms with Gasteiger partial charge >= 0.3 is 0 Å². The van der Waals surface area contributed by atoms with E-state index < -0.39 is 4.92 Å². The molecule has 0 aliphatic carbocycles. The third kappa shape index (κ3) is 3.86. The molecule has 2 rings (SSSR count). The van der Waals surface area contributed by atoms with Gasteiger partial charge in [0.15, 0.2) is 0 Å². The quantitative estimate of drug-likeness (QED) is 0.649. The van der Waals surface area contributed by atoms with Crippen molar-refractivity contribution in [3.63, 3.8) is 0 Å². The van der Waals surface area contributed by atoms with Gasteiger partial charge in [0.05, 0.1) is 12.0 Å². The highest BCUT2D eigenvalue weighted by Crippen LogP contribution is 2.27. The van der Waals surface area contributed by atoms with Crippen LogP contribution in [-0.2, 0) is 6.42 Å². The second kappa shape index (κ2) is 6.95. The molecule has 1 N–H and O–H groups in total. The maximum atomic E-state index is 11.0. The van der Waals surface area contributed by atoms with Gasteiger partial charge in [-0.3, -0.25) is 10.1 Å². The summed E-state index contributed by atoms with van der Waals surface area (Å²) in [4.78, 5) is 10.5. The Morgan fingerprint density at radius 2 is 2.05 bits per heavy atom. The lowest BCUT2D eigenvalue weighted by Crippen LogP contribution is -2.07. The summed E-state index contributed by atoms with van der Waals surface area (Å²) < 4.78 is 5.27. The summed E-state index contributed by atoms with van der Waals surface area (Å²) in [6.45, 7) is 0.543. The number of hydrogen-bond donors (Lipinski definition) is 1. The molecule has 6 heteroatoms. The fraction of sp³-hybridized carbons (Fsp3) is 0.200. The first-order valence-electron chi connectivity index (χ1n) is 6.41. The largest absolute Gasteiger partial charge is 0.496 e. The Labute approximate surface area is 127 Å². The first-order valence-corrected chi connectivity index (χ1v) is 6.79. The third-order valence-electron chi connectivity index (χ3n) is 3.06. The van der Waals surface area contributed by atoms with Gasteiger partial charge in [-0.05, 0) is 30.2 Å². The number of anilines is 1. The van der Waals surface area contributed by atoms with Crippen LogP contribution in [0.4, 0.5) is 11.4 Å². The molecule has 2 aromatic rings. The van der Waals surface area contributed by atoms with E-state index in [1.165, 1.54) is 12.1 Å². The number of benzene rings is 2. The number of nitrogens with one attached hydrogen (secondary N) is 1. The fourth-order valence-electron chi connectivity index (χ4n) is 2.05. The van der Waals surface area contributed by atoms with Crippen LogP contribution in [0.2, 0.25) is 5.02 Å². The predicted molar refractivity (Wildman–Crippen MR) is 83.3 cm³/mol. The molecule has 0 unspecified atom stereocenters. The van der Waals surface area contributed by atoms with Gasteiger partial charge in [0.25, 0.3) is 5.69 Å². The Balaban J connectivity index is 2.07. The molecule has 0 aliphatic rings. The summed E-state index contributed by atoms with van der Waals surface area (Å²) in [6, 6.07) is 12.1. The molecule has 0 atom stereocenters. The van der Waals surface area contributed by atoms with E-state index in [4.69, 9.17) is 16.3 Å². The summed E-state index contributed by atoms with van der Waals surface area (Å²) in [5, 5.41) is 14.5. The lowest BCUT2D eigenvalue weighted by Gasteiger charge is -2.10. The summed E-state index contributed by atoms with van der Waals surface area (Å²) >= 11 is 5.88. The van der Waals surface area contributed by atoms with Gasteiger partial charge in [0.2, 0.25) is 0 Å². The SMILES string of the molecule is COc1ccccc1CCNc1cc(Cl)ccc1[N+](=O)[O-]. The van der Waals surface area contributed by atoms with Crippen LogP contribution in [0.5, 0.6) is 5.75 Å². The molecular formula is C15H15ClN2O3. The minimum Gasteiger partial charge on any atom is -0.496 e. The molecule has 2 aromatic carbocycles. The second-order valence-corrected chi connectivity index (χ2v) is 4.84. The zero-order chi connectivity index (χ0) is 15.2. The van der Waals surface area contributed by atoms with Crippen LogP contribution in [0, 0.1) is 10.1 Å². The Hall–Kier alpha value is -2.27. The Morgan fingerprint density at radius 3 is 2.76 bits per heavy atom. The van der Waals surface area contributed by atoms with Crippen molar-refractivity contribution in [3.8, 4) is 5.75 Å². The van der Waals surface area contributed by atoms with Crippen LogP contribution in [0.15, 0.2) is 42.5 Å². The van der Waals surface area contributed by atoms with E-state index >= 15 is 0 Å². The number of nitro benzene ring substituents is 1. The number of nitro groups is 1. The Kier molecular flexibility index (Phi) is 5.00. The summed E-state index contributed by atoms with van der Waals surface area (Å²) in [5.41, 5.74) is 1.47. The van der Waals surface area contributed by atoms with Crippen LogP contribution < -0.4 is 10.1 Å². The summed E-state index contributed by atoms with van der Waals surface area (Å²) in [7, 11) is 1.62. The van der Waals surface area contributed by atoms with Crippen molar-refractivity contribution in [2.24, 2.45) is 0 Å². The highest BCUT2D eigenvalue weighted by molar-refractivity contribution is 6.31. The molecule has 0 bridgehead atoms. The monoisotopic (exact) mass is 306 g/mol. The van der Waals surface area contributed by atoms with Gasteiger partial charge in [0, 0.05) is 17.6 Å². The Morgan fingerprint density at radius 1 is 1.29 bits per heavy atom.